The second-order valence-corrected chi connectivity index (χ2v) is 11.7. The van der Waals surface area contributed by atoms with Crippen molar-refractivity contribution >= 4 is 33.8 Å². The van der Waals surface area contributed by atoms with E-state index in [0.717, 1.165) is 84.9 Å². The molecule has 7 nitrogen and oxygen atoms in total. The van der Waals surface area contributed by atoms with Gasteiger partial charge in [-0.3, -0.25) is 4.79 Å². The molecule has 0 aliphatic carbocycles. The number of benzene rings is 3. The van der Waals surface area contributed by atoms with Gasteiger partial charge >= 0.3 is 5.97 Å². The summed E-state index contributed by atoms with van der Waals surface area (Å²) in [5.41, 5.74) is 8.85. The van der Waals surface area contributed by atoms with Gasteiger partial charge in [0.15, 0.2) is 0 Å². The predicted molar refractivity (Wildman–Crippen MR) is 160 cm³/mol. The van der Waals surface area contributed by atoms with Gasteiger partial charge in [0.2, 0.25) is 0 Å². The number of hydrogen-bond acceptors (Lipinski definition) is 5. The summed E-state index contributed by atoms with van der Waals surface area (Å²) in [6.45, 7) is 5.00. The van der Waals surface area contributed by atoms with Crippen LogP contribution >= 0.6 is 0 Å². The third-order valence-corrected chi connectivity index (χ3v) is 9.38. The molecule has 0 saturated heterocycles. The number of carboxylic acids is 1. The summed E-state index contributed by atoms with van der Waals surface area (Å²) in [6, 6.07) is 13.5. The highest BCUT2D eigenvalue weighted by Crippen LogP contribution is 2.48. The molecule has 0 atom stereocenters. The van der Waals surface area contributed by atoms with Crippen molar-refractivity contribution in [2.75, 3.05) is 24.5 Å². The highest BCUT2D eigenvalue weighted by atomic mass is 16.5. The van der Waals surface area contributed by atoms with Crippen LogP contribution in [-0.4, -0.2) is 35.3 Å². The van der Waals surface area contributed by atoms with Crippen molar-refractivity contribution in [2.45, 2.75) is 39.0 Å². The van der Waals surface area contributed by atoms with E-state index in [1.165, 1.54) is 22.4 Å². The van der Waals surface area contributed by atoms with Crippen molar-refractivity contribution in [2.24, 2.45) is 7.05 Å². The van der Waals surface area contributed by atoms with E-state index in [4.69, 9.17) is 4.74 Å². The van der Waals surface area contributed by atoms with Crippen LogP contribution in [0.2, 0.25) is 0 Å². The van der Waals surface area contributed by atoms with E-state index in [0.29, 0.717) is 22.1 Å². The summed E-state index contributed by atoms with van der Waals surface area (Å²) in [5.74, 6) is 0.294. The summed E-state index contributed by atoms with van der Waals surface area (Å²) in [5, 5.41) is 16.1. The SMILES string of the molecule is CC1=c2cc3c(cc2CCN1)c1c(c(=O)n3C)=C(c2ccccc2C(=O)O)c2cc3c4c(c2O1)CCCN4CCC3. The van der Waals surface area contributed by atoms with Crippen LogP contribution in [-0.2, 0) is 26.3 Å². The van der Waals surface area contributed by atoms with Gasteiger partial charge in [-0.25, -0.2) is 4.79 Å². The molecule has 8 rings (SSSR count). The molecular formula is C34H31N3O4. The fourth-order valence-corrected chi connectivity index (χ4v) is 7.50. The molecule has 7 heteroatoms. The van der Waals surface area contributed by atoms with Gasteiger partial charge in [-0.15, -0.1) is 0 Å². The van der Waals surface area contributed by atoms with Crippen LogP contribution in [0.15, 0.2) is 47.3 Å². The minimum atomic E-state index is -1.02. The zero-order valence-electron chi connectivity index (χ0n) is 23.3. The van der Waals surface area contributed by atoms with Gasteiger partial charge in [0.25, 0.3) is 5.56 Å². The number of anilines is 1. The molecule has 4 aliphatic heterocycles. The number of carbonyl (C=O) groups is 1. The van der Waals surface area contributed by atoms with E-state index < -0.39 is 5.97 Å². The van der Waals surface area contributed by atoms with Crippen LogP contribution in [0.4, 0.5) is 5.69 Å². The number of aromatic carboxylic acids is 1. The molecule has 1 aromatic heterocycles. The highest BCUT2D eigenvalue weighted by molar-refractivity contribution is 6.00. The largest absolute Gasteiger partial charge is 0.478 e. The number of rotatable bonds is 2. The number of hydrogen-bond donors (Lipinski definition) is 2. The number of aryl methyl sites for hydroxylation is 2. The van der Waals surface area contributed by atoms with Crippen molar-refractivity contribution < 1.29 is 14.6 Å². The normalized spacial score (nSPS) is 16.8. The van der Waals surface area contributed by atoms with E-state index in [1.54, 1.807) is 23.7 Å². The van der Waals surface area contributed by atoms with E-state index in [1.807, 2.05) is 12.1 Å². The molecule has 0 bridgehead atoms. The Balaban J connectivity index is 1.58. The molecule has 0 amide bonds. The summed E-state index contributed by atoms with van der Waals surface area (Å²) >= 11 is 0. The lowest BCUT2D eigenvalue weighted by Gasteiger charge is -2.39. The Morgan fingerprint density at radius 3 is 2.61 bits per heavy atom. The number of carboxylic acid groups (broad SMARTS) is 1. The zero-order valence-corrected chi connectivity index (χ0v) is 23.3. The summed E-state index contributed by atoms with van der Waals surface area (Å²) in [7, 11) is 1.80. The van der Waals surface area contributed by atoms with Crippen LogP contribution in [0, 0.1) is 0 Å². The average molecular weight is 546 g/mol. The lowest BCUT2D eigenvalue weighted by molar-refractivity contribution is 0.0696. The third-order valence-electron chi connectivity index (χ3n) is 9.38. The molecule has 41 heavy (non-hydrogen) atoms. The van der Waals surface area contributed by atoms with Crippen molar-refractivity contribution in [1.29, 1.82) is 0 Å². The van der Waals surface area contributed by atoms with Gasteiger partial charge in [0.05, 0.1) is 16.3 Å². The number of aromatic nitrogens is 1. The van der Waals surface area contributed by atoms with Crippen molar-refractivity contribution in [3.63, 3.8) is 0 Å². The average Bonchev–Trinajstić information content (AvgIpc) is 2.99. The maximum Gasteiger partial charge on any atom is 0.336 e. The molecule has 0 saturated carbocycles. The molecule has 0 spiro atoms. The van der Waals surface area contributed by atoms with Gasteiger partial charge in [-0.05, 0) is 85.2 Å². The Morgan fingerprint density at radius 2 is 1.78 bits per heavy atom. The maximum atomic E-state index is 14.3. The molecule has 2 N–H and O–H groups in total. The Morgan fingerprint density at radius 1 is 0.976 bits per heavy atom. The predicted octanol–water partition coefficient (Wildman–Crippen LogP) is 3.56. The molecule has 3 aromatic carbocycles. The summed E-state index contributed by atoms with van der Waals surface area (Å²) in [6.07, 6.45) is 4.84. The van der Waals surface area contributed by atoms with Crippen LogP contribution in [0.3, 0.4) is 0 Å². The molecule has 4 aromatic rings. The van der Waals surface area contributed by atoms with Gasteiger partial charge in [-0.1, -0.05) is 18.2 Å². The van der Waals surface area contributed by atoms with Crippen LogP contribution in [0.25, 0.3) is 22.2 Å². The van der Waals surface area contributed by atoms with Crippen LogP contribution in [0.5, 0.6) is 11.5 Å². The van der Waals surface area contributed by atoms with Gasteiger partial charge in [0, 0.05) is 60.2 Å². The number of nitrogens with zero attached hydrogens (tertiary/aromatic N) is 2. The van der Waals surface area contributed by atoms with Crippen molar-refractivity contribution in [1.82, 2.24) is 9.88 Å². The van der Waals surface area contributed by atoms with Gasteiger partial charge in [-0.2, -0.15) is 0 Å². The fourth-order valence-electron chi connectivity index (χ4n) is 7.50. The van der Waals surface area contributed by atoms with E-state index in [9.17, 15) is 14.7 Å². The van der Waals surface area contributed by atoms with Crippen molar-refractivity contribution in [3.05, 3.63) is 96.6 Å². The summed E-state index contributed by atoms with van der Waals surface area (Å²) < 4.78 is 8.63. The van der Waals surface area contributed by atoms with E-state index >= 15 is 0 Å². The smallest absolute Gasteiger partial charge is 0.336 e. The Hall–Kier alpha value is -4.52. The van der Waals surface area contributed by atoms with Gasteiger partial charge < -0.3 is 24.6 Å². The molecule has 4 aliphatic rings. The second-order valence-electron chi connectivity index (χ2n) is 11.7. The first-order chi connectivity index (χ1) is 19.9. The monoisotopic (exact) mass is 545 g/mol. The van der Waals surface area contributed by atoms with E-state index in [2.05, 4.69) is 35.3 Å². The van der Waals surface area contributed by atoms with E-state index in [-0.39, 0.29) is 11.1 Å². The molecular weight excluding hydrogens is 514 g/mol. The van der Waals surface area contributed by atoms with Gasteiger partial charge in [0.1, 0.15) is 11.5 Å². The number of ether oxygens (including phenoxy) is 1. The maximum absolute atomic E-state index is 14.3. The molecule has 0 unspecified atom stereocenters. The Bertz CT molecular complexity index is 2040. The minimum Gasteiger partial charge on any atom is -0.478 e. The number of fused-ring (bicyclic) bond motifs is 6. The molecule has 0 radical (unpaired) electrons. The highest BCUT2D eigenvalue weighted by Gasteiger charge is 2.34. The lowest BCUT2D eigenvalue weighted by atomic mass is 9.83. The summed E-state index contributed by atoms with van der Waals surface area (Å²) in [4.78, 5) is 29.3. The zero-order chi connectivity index (χ0) is 28.0. The topological polar surface area (TPSA) is 83.8 Å². The number of nitrogens with one attached hydrogen (secondary N) is 1. The quantitative estimate of drug-likeness (QED) is 0.353. The fraction of sp³-hybridized carbons (Fsp3) is 0.294. The first kappa shape index (κ1) is 24.3. The van der Waals surface area contributed by atoms with Crippen LogP contribution < -0.4 is 31.0 Å². The third kappa shape index (κ3) is 3.38. The lowest BCUT2D eigenvalue weighted by Crippen LogP contribution is -2.40. The Kier molecular flexibility index (Phi) is 5.18. The molecule has 206 valence electrons. The minimum absolute atomic E-state index is 0.179. The van der Waals surface area contributed by atoms with Crippen LogP contribution in [0.1, 0.15) is 57.9 Å². The standard InChI is InChI=1S/C34H31N3O4/c1-18-24-17-27-25(15-19(24)11-12-35-18)32-29(33(38)36(27)2)28(21-8-3-4-9-22(21)34(39)40)26-16-20-7-5-13-37-14-6-10-23(30(20)37)31(26)41-32/h3-4,8-9,15-17,35H,5-7,10-14H2,1-2H3,(H,39,40). The molecule has 5 heterocycles. The van der Waals surface area contributed by atoms with Crippen molar-refractivity contribution in [3.8, 4) is 11.5 Å². The second kappa shape index (κ2) is 8.74. The number of pyridine rings is 1. The first-order valence-corrected chi connectivity index (χ1v) is 14.5. The Labute approximate surface area is 237 Å². The molecule has 0 fully saturated rings. The first-order valence-electron chi connectivity index (χ1n) is 14.5.